The van der Waals surface area contributed by atoms with E-state index in [2.05, 4.69) is 15.0 Å². The van der Waals surface area contributed by atoms with Crippen LogP contribution in [0.4, 0.5) is 4.39 Å². The molecule has 148 valence electrons. The van der Waals surface area contributed by atoms with Crippen LogP contribution in [0.25, 0.3) is 0 Å². The lowest BCUT2D eigenvalue weighted by Gasteiger charge is -2.14. The number of fused-ring (bicyclic) bond motifs is 1. The molecule has 2 N–H and O–H groups in total. The second-order valence-electron chi connectivity index (χ2n) is 6.55. The van der Waals surface area contributed by atoms with Crippen molar-refractivity contribution in [2.45, 2.75) is 43.7 Å². The molecule has 0 aromatic heterocycles. The van der Waals surface area contributed by atoms with Crippen molar-refractivity contribution in [3.63, 3.8) is 0 Å². The zero-order chi connectivity index (χ0) is 20.1. The maximum Gasteiger partial charge on any atom is 0.263 e. The zero-order valence-electron chi connectivity index (χ0n) is 15.5. The summed E-state index contributed by atoms with van der Waals surface area (Å²) in [5.74, 6) is -0.595. The van der Waals surface area contributed by atoms with Crippen molar-refractivity contribution < 1.29 is 17.6 Å². The van der Waals surface area contributed by atoms with E-state index in [9.17, 15) is 17.6 Å². The Labute approximate surface area is 163 Å². The van der Waals surface area contributed by atoms with E-state index in [0.717, 1.165) is 12.8 Å². The van der Waals surface area contributed by atoms with E-state index in [4.69, 9.17) is 0 Å². The highest BCUT2D eigenvalue weighted by molar-refractivity contribution is 7.90. The molecular formula is C20H22FN3O3S. The van der Waals surface area contributed by atoms with Gasteiger partial charge in [0, 0.05) is 17.7 Å². The smallest absolute Gasteiger partial charge is 0.263 e. The number of amidine groups is 1. The first kappa shape index (κ1) is 20.0. The first-order valence-corrected chi connectivity index (χ1v) is 10.6. The Morgan fingerprint density at radius 2 is 1.89 bits per heavy atom. The third-order valence-electron chi connectivity index (χ3n) is 4.49. The molecule has 1 heterocycles. The largest absolute Gasteiger partial charge is 0.350 e. The van der Waals surface area contributed by atoms with Gasteiger partial charge in [0.05, 0.1) is 4.90 Å². The molecule has 1 unspecified atom stereocenters. The first-order valence-electron chi connectivity index (χ1n) is 9.13. The maximum absolute atomic E-state index is 13.8. The highest BCUT2D eigenvalue weighted by Crippen LogP contribution is 2.23. The normalized spacial score (nSPS) is 17.0. The summed E-state index contributed by atoms with van der Waals surface area (Å²) in [6, 6.07) is 12.0. The molecular weight excluding hydrogens is 381 g/mol. The molecule has 6 nitrogen and oxygen atoms in total. The van der Waals surface area contributed by atoms with Crippen molar-refractivity contribution in [2.24, 2.45) is 4.99 Å². The molecule has 1 amide bonds. The van der Waals surface area contributed by atoms with Crippen LogP contribution in [-0.4, -0.2) is 26.2 Å². The average molecular weight is 403 g/mol. The Hall–Kier alpha value is -2.74. The van der Waals surface area contributed by atoms with Crippen LogP contribution in [-0.2, 0) is 21.4 Å². The number of rotatable bonds is 7. The van der Waals surface area contributed by atoms with Crippen molar-refractivity contribution in [3.05, 3.63) is 65.5 Å². The molecule has 0 aliphatic carbocycles. The highest BCUT2D eigenvalue weighted by Gasteiger charge is 2.31. The van der Waals surface area contributed by atoms with Gasteiger partial charge < -0.3 is 5.32 Å². The van der Waals surface area contributed by atoms with E-state index in [1.807, 2.05) is 6.92 Å². The predicted molar refractivity (Wildman–Crippen MR) is 105 cm³/mol. The number of hydrogen-bond acceptors (Lipinski definition) is 4. The number of amides is 1. The average Bonchev–Trinajstić information content (AvgIpc) is 2.94. The van der Waals surface area contributed by atoms with E-state index in [0.29, 0.717) is 17.5 Å². The number of unbranched alkanes of at least 4 members (excludes halogenated alkanes) is 1. The molecule has 0 bridgehead atoms. The zero-order valence-corrected chi connectivity index (χ0v) is 16.3. The van der Waals surface area contributed by atoms with Gasteiger partial charge in [0.2, 0.25) is 5.91 Å². The fraction of sp³-hybridized carbons (Fsp3) is 0.300. The summed E-state index contributed by atoms with van der Waals surface area (Å²) in [6.45, 7) is 2.04. The van der Waals surface area contributed by atoms with Gasteiger partial charge in [0.1, 0.15) is 17.7 Å². The van der Waals surface area contributed by atoms with Gasteiger partial charge in [-0.15, -0.1) is 0 Å². The van der Waals surface area contributed by atoms with E-state index in [1.54, 1.807) is 36.4 Å². The second-order valence-corrected chi connectivity index (χ2v) is 8.20. The molecule has 1 atom stereocenters. The Kier molecular flexibility index (Phi) is 6.08. The van der Waals surface area contributed by atoms with Gasteiger partial charge in [-0.05, 0) is 24.6 Å². The molecule has 0 spiro atoms. The molecule has 28 heavy (non-hydrogen) atoms. The van der Waals surface area contributed by atoms with Crippen LogP contribution in [0.5, 0.6) is 0 Å². The van der Waals surface area contributed by atoms with Crippen molar-refractivity contribution in [2.75, 3.05) is 0 Å². The number of aliphatic imine (C=N–C) groups is 1. The van der Waals surface area contributed by atoms with Gasteiger partial charge in [-0.2, -0.15) is 0 Å². The fourth-order valence-electron chi connectivity index (χ4n) is 2.98. The quantitative estimate of drug-likeness (QED) is 0.745. The maximum atomic E-state index is 13.8. The van der Waals surface area contributed by atoms with E-state index >= 15 is 0 Å². The third kappa shape index (κ3) is 4.39. The number of halogens is 1. The van der Waals surface area contributed by atoms with Gasteiger partial charge in [-0.1, -0.05) is 50.1 Å². The summed E-state index contributed by atoms with van der Waals surface area (Å²) in [5, 5.41) is 2.70. The van der Waals surface area contributed by atoms with Gasteiger partial charge in [-0.25, -0.2) is 12.8 Å². The van der Waals surface area contributed by atoms with Crippen molar-refractivity contribution >= 4 is 21.8 Å². The molecule has 0 saturated heterocycles. The van der Waals surface area contributed by atoms with Crippen LogP contribution in [0.2, 0.25) is 0 Å². The summed E-state index contributed by atoms with van der Waals surface area (Å²) in [7, 11) is -3.67. The lowest BCUT2D eigenvalue weighted by Crippen LogP contribution is -2.35. The summed E-state index contributed by atoms with van der Waals surface area (Å²) < 4.78 is 40.7. The van der Waals surface area contributed by atoms with Crippen LogP contribution in [0.15, 0.2) is 58.4 Å². The van der Waals surface area contributed by atoms with E-state index in [-0.39, 0.29) is 23.2 Å². The molecule has 1 aliphatic rings. The standard InChI is InChI=1S/C20H22FN3O3S/c1-2-3-11-17(20(25)22-13-14-8-4-6-10-16(14)21)23-19-15-9-5-7-12-18(15)28(26,27)24-19/h4-10,12,17H,2-3,11,13H2,1H3,(H,22,25)(H,23,24). The molecule has 0 radical (unpaired) electrons. The minimum atomic E-state index is -3.67. The van der Waals surface area contributed by atoms with Crippen LogP contribution in [0, 0.1) is 5.82 Å². The van der Waals surface area contributed by atoms with Crippen molar-refractivity contribution in [3.8, 4) is 0 Å². The van der Waals surface area contributed by atoms with Crippen molar-refractivity contribution in [1.29, 1.82) is 0 Å². The minimum Gasteiger partial charge on any atom is -0.350 e. The fourth-order valence-corrected chi connectivity index (χ4v) is 4.22. The third-order valence-corrected chi connectivity index (χ3v) is 5.89. The molecule has 2 aromatic rings. The van der Waals surface area contributed by atoms with Gasteiger partial charge in [-0.3, -0.25) is 14.5 Å². The summed E-state index contributed by atoms with van der Waals surface area (Å²) in [6.07, 6.45) is 2.08. The number of sulfonamides is 1. The molecule has 8 heteroatoms. The molecule has 0 fully saturated rings. The topological polar surface area (TPSA) is 87.6 Å². The van der Waals surface area contributed by atoms with Crippen molar-refractivity contribution in [1.82, 2.24) is 10.0 Å². The SMILES string of the molecule is CCCCC(N=C1NS(=O)(=O)c2ccccc21)C(=O)NCc1ccccc1F. The van der Waals surface area contributed by atoms with Gasteiger partial charge >= 0.3 is 0 Å². The first-order chi connectivity index (χ1) is 13.4. The second kappa shape index (κ2) is 8.52. The molecule has 3 rings (SSSR count). The summed E-state index contributed by atoms with van der Waals surface area (Å²) in [4.78, 5) is 17.2. The Balaban J connectivity index is 1.82. The van der Waals surface area contributed by atoms with E-state index in [1.165, 1.54) is 12.1 Å². The van der Waals surface area contributed by atoms with Crippen LogP contribution in [0.3, 0.4) is 0 Å². The van der Waals surface area contributed by atoms with Crippen LogP contribution >= 0.6 is 0 Å². The summed E-state index contributed by atoms with van der Waals surface area (Å²) in [5.41, 5.74) is 0.829. The molecule has 0 saturated carbocycles. The number of carbonyl (C=O) groups excluding carboxylic acids is 1. The monoisotopic (exact) mass is 403 g/mol. The van der Waals surface area contributed by atoms with Gasteiger partial charge in [0.25, 0.3) is 10.0 Å². The summed E-state index contributed by atoms with van der Waals surface area (Å²) >= 11 is 0. The van der Waals surface area contributed by atoms with E-state index < -0.39 is 21.9 Å². The van der Waals surface area contributed by atoms with Gasteiger partial charge in [0.15, 0.2) is 0 Å². The number of benzene rings is 2. The lowest BCUT2D eigenvalue weighted by atomic mass is 10.1. The molecule has 2 aromatic carbocycles. The number of nitrogens with one attached hydrogen (secondary N) is 2. The Morgan fingerprint density at radius 3 is 2.64 bits per heavy atom. The Bertz CT molecular complexity index is 1010. The number of hydrogen-bond donors (Lipinski definition) is 2. The lowest BCUT2D eigenvalue weighted by molar-refractivity contribution is -0.122. The van der Waals surface area contributed by atoms with Crippen LogP contribution in [0.1, 0.15) is 37.3 Å². The molecule has 1 aliphatic heterocycles. The number of carbonyl (C=O) groups is 1. The number of nitrogens with zero attached hydrogens (tertiary/aromatic N) is 1. The predicted octanol–water partition coefficient (Wildman–Crippen LogP) is 2.74. The minimum absolute atomic E-state index is 0.0430. The van der Waals surface area contributed by atoms with Crippen LogP contribution < -0.4 is 10.0 Å². The Morgan fingerprint density at radius 1 is 1.18 bits per heavy atom. The highest BCUT2D eigenvalue weighted by atomic mass is 32.2.